The van der Waals surface area contributed by atoms with Gasteiger partial charge in [0.2, 0.25) is 0 Å². The van der Waals surface area contributed by atoms with Gasteiger partial charge in [0.1, 0.15) is 0 Å². The van der Waals surface area contributed by atoms with Crippen LogP contribution in [0.25, 0.3) is 11.1 Å². The number of likely N-dealkylation sites (tertiary alicyclic amines) is 1. The molecule has 0 radical (unpaired) electrons. The summed E-state index contributed by atoms with van der Waals surface area (Å²) < 4.78 is 1.81. The monoisotopic (exact) mass is 375 g/mol. The average molecular weight is 375 g/mol. The Morgan fingerprint density at radius 3 is 2.57 bits per heavy atom. The number of hydrogen-bond donors (Lipinski definition) is 0. The highest BCUT2D eigenvalue weighted by molar-refractivity contribution is 5.95. The summed E-state index contributed by atoms with van der Waals surface area (Å²) in [6.45, 7) is 1.49. The molecule has 6 nitrogen and oxygen atoms in total. The molecule has 144 valence electrons. The van der Waals surface area contributed by atoms with Crippen LogP contribution in [0.3, 0.4) is 0 Å². The zero-order valence-electron chi connectivity index (χ0n) is 16.5. The molecule has 28 heavy (non-hydrogen) atoms. The van der Waals surface area contributed by atoms with Crippen molar-refractivity contribution in [3.8, 4) is 11.1 Å². The van der Waals surface area contributed by atoms with Gasteiger partial charge in [-0.05, 0) is 35.7 Å². The standard InChI is InChI=1S/C22H25N5O/c1-25(2)21-6-4-16(5-7-21)18-10-19(12-23-11-18)22(28)27-9-8-17(15-27)20-13-24-26(3)14-20/h4-7,10-14,17H,8-9,15H2,1-3H3/t17-/m0/s1. The van der Waals surface area contributed by atoms with Gasteiger partial charge in [-0.1, -0.05) is 12.1 Å². The third-order valence-corrected chi connectivity index (χ3v) is 5.37. The van der Waals surface area contributed by atoms with E-state index in [0.717, 1.165) is 36.3 Å². The number of aryl methyl sites for hydroxylation is 1. The molecule has 0 saturated carbocycles. The number of pyridine rings is 1. The molecule has 4 rings (SSSR count). The summed E-state index contributed by atoms with van der Waals surface area (Å²) >= 11 is 0. The maximum Gasteiger partial charge on any atom is 0.255 e. The van der Waals surface area contributed by atoms with Crippen molar-refractivity contribution < 1.29 is 4.79 Å². The lowest BCUT2D eigenvalue weighted by atomic mass is 10.0. The first-order chi connectivity index (χ1) is 13.5. The van der Waals surface area contributed by atoms with Gasteiger partial charge >= 0.3 is 0 Å². The second-order valence-electron chi connectivity index (χ2n) is 7.59. The molecule has 0 bridgehead atoms. The molecule has 3 aromatic rings. The van der Waals surface area contributed by atoms with Crippen molar-refractivity contribution in [1.29, 1.82) is 0 Å². The van der Waals surface area contributed by atoms with Gasteiger partial charge in [-0.15, -0.1) is 0 Å². The Morgan fingerprint density at radius 2 is 1.89 bits per heavy atom. The van der Waals surface area contributed by atoms with E-state index in [-0.39, 0.29) is 5.91 Å². The summed E-state index contributed by atoms with van der Waals surface area (Å²) in [5.74, 6) is 0.401. The predicted octanol–water partition coefficient (Wildman–Crippen LogP) is 3.18. The molecular formula is C22H25N5O. The summed E-state index contributed by atoms with van der Waals surface area (Å²) in [5.41, 5.74) is 5.00. The normalized spacial score (nSPS) is 16.4. The Bertz CT molecular complexity index is 977. The zero-order valence-corrected chi connectivity index (χ0v) is 16.5. The van der Waals surface area contributed by atoms with Gasteiger partial charge in [0, 0.05) is 70.0 Å². The molecule has 1 aliphatic rings. The largest absolute Gasteiger partial charge is 0.378 e. The van der Waals surface area contributed by atoms with E-state index in [1.165, 1.54) is 5.56 Å². The first-order valence-electron chi connectivity index (χ1n) is 9.52. The van der Waals surface area contributed by atoms with Gasteiger partial charge in [-0.2, -0.15) is 5.10 Å². The van der Waals surface area contributed by atoms with E-state index in [9.17, 15) is 4.79 Å². The fraction of sp³-hybridized carbons (Fsp3) is 0.318. The number of benzene rings is 1. The Balaban J connectivity index is 1.50. The van der Waals surface area contributed by atoms with Gasteiger partial charge in [0.15, 0.2) is 0 Å². The van der Waals surface area contributed by atoms with Crippen molar-refractivity contribution in [2.45, 2.75) is 12.3 Å². The minimum absolute atomic E-state index is 0.0469. The van der Waals surface area contributed by atoms with E-state index in [2.05, 4.69) is 39.2 Å². The first kappa shape index (κ1) is 18.2. The molecule has 0 unspecified atom stereocenters. The van der Waals surface area contributed by atoms with Crippen molar-refractivity contribution in [1.82, 2.24) is 19.7 Å². The van der Waals surface area contributed by atoms with Gasteiger partial charge < -0.3 is 9.80 Å². The van der Waals surface area contributed by atoms with Crippen LogP contribution in [-0.4, -0.2) is 52.8 Å². The Kier molecular flexibility index (Phi) is 4.86. The lowest BCUT2D eigenvalue weighted by Crippen LogP contribution is -2.28. The van der Waals surface area contributed by atoms with Crippen molar-refractivity contribution in [2.24, 2.45) is 7.05 Å². The Labute approximate surface area is 165 Å². The zero-order chi connectivity index (χ0) is 19.7. The summed E-state index contributed by atoms with van der Waals surface area (Å²) in [7, 11) is 5.96. The SMILES string of the molecule is CN(C)c1ccc(-c2cncc(C(=O)N3CC[C@H](c4cnn(C)c4)C3)c2)cc1. The topological polar surface area (TPSA) is 54.3 Å². The fourth-order valence-corrected chi connectivity index (χ4v) is 3.72. The van der Waals surface area contributed by atoms with Crippen LogP contribution in [0.4, 0.5) is 5.69 Å². The van der Waals surface area contributed by atoms with Crippen molar-refractivity contribution >= 4 is 11.6 Å². The number of rotatable bonds is 4. The van der Waals surface area contributed by atoms with Crippen LogP contribution in [0.2, 0.25) is 0 Å². The third-order valence-electron chi connectivity index (χ3n) is 5.37. The number of amides is 1. The number of hydrogen-bond acceptors (Lipinski definition) is 4. The molecule has 0 aliphatic carbocycles. The van der Waals surface area contributed by atoms with Crippen LogP contribution in [0.1, 0.15) is 28.3 Å². The average Bonchev–Trinajstić information content (AvgIpc) is 3.37. The highest BCUT2D eigenvalue weighted by atomic mass is 16.2. The van der Waals surface area contributed by atoms with Crippen molar-refractivity contribution in [3.63, 3.8) is 0 Å². The predicted molar refractivity (Wildman–Crippen MR) is 110 cm³/mol. The van der Waals surface area contributed by atoms with E-state index < -0.39 is 0 Å². The van der Waals surface area contributed by atoms with E-state index in [4.69, 9.17) is 0 Å². The van der Waals surface area contributed by atoms with Crippen molar-refractivity contribution in [3.05, 3.63) is 66.2 Å². The minimum Gasteiger partial charge on any atom is -0.378 e. The molecule has 1 saturated heterocycles. The second kappa shape index (κ2) is 7.46. The van der Waals surface area contributed by atoms with Gasteiger partial charge in [-0.25, -0.2) is 0 Å². The van der Waals surface area contributed by atoms with Crippen LogP contribution in [0, 0.1) is 0 Å². The first-order valence-corrected chi connectivity index (χ1v) is 9.52. The molecule has 1 atom stereocenters. The summed E-state index contributed by atoms with van der Waals surface area (Å²) in [6.07, 6.45) is 8.38. The molecule has 0 spiro atoms. The number of carbonyl (C=O) groups excluding carboxylic acids is 1. The number of nitrogens with zero attached hydrogens (tertiary/aromatic N) is 5. The van der Waals surface area contributed by atoms with Crippen LogP contribution in [0.5, 0.6) is 0 Å². The quantitative estimate of drug-likeness (QED) is 0.703. The molecule has 1 amide bonds. The second-order valence-corrected chi connectivity index (χ2v) is 7.59. The highest BCUT2D eigenvalue weighted by Crippen LogP contribution is 2.28. The van der Waals surface area contributed by atoms with E-state index in [1.807, 2.05) is 55.4 Å². The molecule has 2 aromatic heterocycles. The summed E-state index contributed by atoms with van der Waals surface area (Å²) in [6, 6.07) is 10.2. The molecule has 3 heterocycles. The molecule has 6 heteroatoms. The third kappa shape index (κ3) is 3.63. The van der Waals surface area contributed by atoms with Gasteiger partial charge in [0.25, 0.3) is 5.91 Å². The fourth-order valence-electron chi connectivity index (χ4n) is 3.72. The molecule has 1 aliphatic heterocycles. The van der Waals surface area contributed by atoms with E-state index in [0.29, 0.717) is 11.5 Å². The highest BCUT2D eigenvalue weighted by Gasteiger charge is 2.29. The number of carbonyl (C=O) groups is 1. The Hall–Kier alpha value is -3.15. The molecular weight excluding hydrogens is 350 g/mol. The number of aromatic nitrogens is 3. The van der Waals surface area contributed by atoms with Crippen LogP contribution >= 0.6 is 0 Å². The summed E-state index contributed by atoms with van der Waals surface area (Å²) in [4.78, 5) is 21.3. The van der Waals surface area contributed by atoms with Gasteiger partial charge in [-0.3, -0.25) is 14.5 Å². The molecule has 1 aromatic carbocycles. The lowest BCUT2D eigenvalue weighted by Gasteiger charge is -2.17. The molecule has 1 fully saturated rings. The van der Waals surface area contributed by atoms with Crippen LogP contribution in [-0.2, 0) is 7.05 Å². The smallest absolute Gasteiger partial charge is 0.255 e. The van der Waals surface area contributed by atoms with Crippen LogP contribution < -0.4 is 4.90 Å². The lowest BCUT2D eigenvalue weighted by molar-refractivity contribution is 0.0790. The van der Waals surface area contributed by atoms with Crippen molar-refractivity contribution in [2.75, 3.05) is 32.1 Å². The van der Waals surface area contributed by atoms with Crippen LogP contribution in [0.15, 0.2) is 55.1 Å². The number of anilines is 1. The molecule has 0 N–H and O–H groups in total. The maximum absolute atomic E-state index is 13.0. The maximum atomic E-state index is 13.0. The minimum atomic E-state index is 0.0469. The van der Waals surface area contributed by atoms with E-state index in [1.54, 1.807) is 6.20 Å². The van der Waals surface area contributed by atoms with E-state index >= 15 is 0 Å². The Morgan fingerprint density at radius 1 is 1.11 bits per heavy atom. The van der Waals surface area contributed by atoms with Gasteiger partial charge in [0.05, 0.1) is 11.8 Å². The summed E-state index contributed by atoms with van der Waals surface area (Å²) in [5, 5.41) is 4.25.